The summed E-state index contributed by atoms with van der Waals surface area (Å²) in [5.74, 6) is -0.721. The Morgan fingerprint density at radius 3 is 2.63 bits per heavy atom. The molecule has 6 nitrogen and oxygen atoms in total. The molecule has 1 heterocycles. The van der Waals surface area contributed by atoms with Gasteiger partial charge in [0.1, 0.15) is 0 Å². The molecule has 98 valence electrons. The standard InChI is InChI=1S/C12H11N3O3S/c1-2-18-12(17)8-3-5-9(6-4-8)14-11(16)10-7-13-19-15-10/h3-7H,2H2,1H3,(H,14,16). The van der Waals surface area contributed by atoms with E-state index in [9.17, 15) is 9.59 Å². The van der Waals surface area contributed by atoms with Crippen molar-refractivity contribution in [2.75, 3.05) is 11.9 Å². The van der Waals surface area contributed by atoms with Crippen LogP contribution in [0.1, 0.15) is 27.8 Å². The summed E-state index contributed by atoms with van der Waals surface area (Å²) in [6.45, 7) is 2.07. The number of carbonyl (C=O) groups excluding carboxylic acids is 2. The fourth-order valence-electron chi connectivity index (χ4n) is 1.36. The second-order valence-corrected chi connectivity index (χ2v) is 4.10. The molecule has 0 radical (unpaired) electrons. The van der Waals surface area contributed by atoms with E-state index in [-0.39, 0.29) is 17.6 Å². The van der Waals surface area contributed by atoms with Gasteiger partial charge in [0.25, 0.3) is 5.91 Å². The zero-order chi connectivity index (χ0) is 13.7. The molecule has 19 heavy (non-hydrogen) atoms. The number of aromatic nitrogens is 2. The highest BCUT2D eigenvalue weighted by Gasteiger charge is 2.10. The highest BCUT2D eigenvalue weighted by atomic mass is 32.1. The lowest BCUT2D eigenvalue weighted by Crippen LogP contribution is -2.12. The van der Waals surface area contributed by atoms with Gasteiger partial charge >= 0.3 is 5.97 Å². The van der Waals surface area contributed by atoms with E-state index in [1.165, 1.54) is 6.20 Å². The van der Waals surface area contributed by atoms with Crippen molar-refractivity contribution in [3.05, 3.63) is 41.7 Å². The molecule has 1 amide bonds. The van der Waals surface area contributed by atoms with Crippen molar-refractivity contribution >= 4 is 29.3 Å². The number of hydrogen-bond donors (Lipinski definition) is 1. The highest BCUT2D eigenvalue weighted by Crippen LogP contribution is 2.11. The van der Waals surface area contributed by atoms with Gasteiger partial charge in [0.2, 0.25) is 0 Å². The lowest BCUT2D eigenvalue weighted by Gasteiger charge is -2.05. The molecule has 2 aromatic rings. The van der Waals surface area contributed by atoms with E-state index in [0.717, 1.165) is 11.7 Å². The average Bonchev–Trinajstić information content (AvgIpc) is 2.94. The van der Waals surface area contributed by atoms with Gasteiger partial charge in [0.15, 0.2) is 5.69 Å². The van der Waals surface area contributed by atoms with Gasteiger partial charge in [-0.2, -0.15) is 8.75 Å². The largest absolute Gasteiger partial charge is 0.462 e. The van der Waals surface area contributed by atoms with Crippen LogP contribution in [0.2, 0.25) is 0 Å². The van der Waals surface area contributed by atoms with Crippen molar-refractivity contribution in [1.82, 2.24) is 8.75 Å². The number of nitrogens with one attached hydrogen (secondary N) is 1. The van der Waals surface area contributed by atoms with Crippen LogP contribution in [0.3, 0.4) is 0 Å². The number of rotatable bonds is 4. The monoisotopic (exact) mass is 277 g/mol. The first kappa shape index (κ1) is 13.2. The van der Waals surface area contributed by atoms with Gasteiger partial charge < -0.3 is 10.1 Å². The maximum Gasteiger partial charge on any atom is 0.338 e. The molecule has 0 atom stereocenters. The predicted molar refractivity (Wildman–Crippen MR) is 70.3 cm³/mol. The Morgan fingerprint density at radius 1 is 1.32 bits per heavy atom. The number of carbonyl (C=O) groups is 2. The number of esters is 1. The first-order valence-corrected chi connectivity index (χ1v) is 6.30. The molecular formula is C12H11N3O3S. The van der Waals surface area contributed by atoms with Crippen molar-refractivity contribution in [2.45, 2.75) is 6.92 Å². The Bertz CT molecular complexity index is 566. The summed E-state index contributed by atoms with van der Waals surface area (Å²) < 4.78 is 12.4. The third kappa shape index (κ3) is 3.35. The van der Waals surface area contributed by atoms with Crippen molar-refractivity contribution in [3.63, 3.8) is 0 Å². The number of hydrogen-bond acceptors (Lipinski definition) is 6. The zero-order valence-corrected chi connectivity index (χ0v) is 10.9. The summed E-state index contributed by atoms with van der Waals surface area (Å²) >= 11 is 0.968. The quantitative estimate of drug-likeness (QED) is 0.864. The molecule has 2 rings (SSSR count). The van der Waals surface area contributed by atoms with Gasteiger partial charge in [-0.15, -0.1) is 0 Å². The number of ether oxygens (including phenoxy) is 1. The van der Waals surface area contributed by atoms with Crippen LogP contribution in [0.5, 0.6) is 0 Å². The fourth-order valence-corrected chi connectivity index (χ4v) is 1.78. The van der Waals surface area contributed by atoms with E-state index in [4.69, 9.17) is 4.74 Å². The van der Waals surface area contributed by atoms with Crippen LogP contribution in [0.25, 0.3) is 0 Å². The van der Waals surface area contributed by atoms with Gasteiger partial charge in [-0.25, -0.2) is 4.79 Å². The summed E-state index contributed by atoms with van der Waals surface area (Å²) in [4.78, 5) is 23.1. The molecule has 0 saturated carbocycles. The fraction of sp³-hybridized carbons (Fsp3) is 0.167. The van der Waals surface area contributed by atoms with E-state index in [2.05, 4.69) is 14.1 Å². The van der Waals surface area contributed by atoms with Crippen LogP contribution < -0.4 is 5.32 Å². The molecule has 0 fully saturated rings. The van der Waals surface area contributed by atoms with Crippen LogP contribution >= 0.6 is 11.7 Å². The second kappa shape index (κ2) is 6.05. The highest BCUT2D eigenvalue weighted by molar-refractivity contribution is 6.99. The number of benzene rings is 1. The van der Waals surface area contributed by atoms with Crippen LogP contribution in [0, 0.1) is 0 Å². The Morgan fingerprint density at radius 2 is 2.05 bits per heavy atom. The van der Waals surface area contributed by atoms with E-state index >= 15 is 0 Å². The van der Waals surface area contributed by atoms with E-state index in [1.807, 2.05) is 0 Å². The number of amides is 1. The minimum absolute atomic E-state index is 0.263. The smallest absolute Gasteiger partial charge is 0.338 e. The van der Waals surface area contributed by atoms with E-state index < -0.39 is 0 Å². The lowest BCUT2D eigenvalue weighted by atomic mass is 10.2. The van der Waals surface area contributed by atoms with Gasteiger partial charge in [-0.05, 0) is 31.2 Å². The van der Waals surface area contributed by atoms with Gasteiger partial charge in [-0.1, -0.05) is 0 Å². The molecule has 0 spiro atoms. The second-order valence-electron chi connectivity index (χ2n) is 3.54. The van der Waals surface area contributed by atoms with Gasteiger partial charge in [-0.3, -0.25) is 4.79 Å². The third-order valence-corrected chi connectivity index (χ3v) is 2.73. The van der Waals surface area contributed by atoms with Crippen molar-refractivity contribution in [3.8, 4) is 0 Å². The molecule has 1 aromatic heterocycles. The first-order valence-electron chi connectivity index (χ1n) is 5.57. The summed E-state index contributed by atoms with van der Waals surface area (Å²) in [7, 11) is 0. The molecule has 0 aliphatic rings. The molecule has 0 unspecified atom stereocenters. The van der Waals surface area contributed by atoms with Crippen LogP contribution in [-0.2, 0) is 4.74 Å². The molecule has 1 aromatic carbocycles. The van der Waals surface area contributed by atoms with Gasteiger partial charge in [0.05, 0.1) is 30.1 Å². The summed E-state index contributed by atoms with van der Waals surface area (Å²) in [5.41, 5.74) is 1.28. The lowest BCUT2D eigenvalue weighted by molar-refractivity contribution is 0.0526. The molecule has 0 bridgehead atoms. The topological polar surface area (TPSA) is 81.2 Å². The maximum atomic E-state index is 11.7. The summed E-state index contributed by atoms with van der Waals surface area (Å²) in [6, 6.07) is 6.44. The molecule has 0 saturated heterocycles. The maximum absolute atomic E-state index is 11.7. The van der Waals surface area contributed by atoms with E-state index in [1.54, 1.807) is 31.2 Å². The number of anilines is 1. The van der Waals surface area contributed by atoms with E-state index in [0.29, 0.717) is 17.9 Å². The minimum Gasteiger partial charge on any atom is -0.462 e. The third-order valence-electron chi connectivity index (χ3n) is 2.25. The molecule has 7 heteroatoms. The Labute approximate surface area is 113 Å². The van der Waals surface area contributed by atoms with Crippen molar-refractivity contribution in [2.24, 2.45) is 0 Å². The van der Waals surface area contributed by atoms with Crippen LogP contribution in [0.15, 0.2) is 30.5 Å². The summed E-state index contributed by atoms with van der Waals surface area (Å²) in [6.07, 6.45) is 1.40. The predicted octanol–water partition coefficient (Wildman–Crippen LogP) is 1.97. The Hall–Kier alpha value is -2.28. The molecule has 0 aliphatic carbocycles. The van der Waals surface area contributed by atoms with Gasteiger partial charge in [0, 0.05) is 5.69 Å². The Balaban J connectivity index is 2.03. The van der Waals surface area contributed by atoms with Crippen molar-refractivity contribution in [1.29, 1.82) is 0 Å². The minimum atomic E-state index is -0.385. The Kier molecular flexibility index (Phi) is 4.19. The average molecular weight is 277 g/mol. The molecular weight excluding hydrogens is 266 g/mol. The summed E-state index contributed by atoms with van der Waals surface area (Å²) in [5, 5.41) is 2.66. The van der Waals surface area contributed by atoms with Crippen molar-refractivity contribution < 1.29 is 14.3 Å². The SMILES string of the molecule is CCOC(=O)c1ccc(NC(=O)c2cnsn2)cc1. The zero-order valence-electron chi connectivity index (χ0n) is 10.1. The molecule has 0 aliphatic heterocycles. The van der Waals surface area contributed by atoms with Crippen LogP contribution in [-0.4, -0.2) is 27.2 Å². The number of nitrogens with zero attached hydrogens (tertiary/aromatic N) is 2. The van der Waals surface area contributed by atoms with Crippen LogP contribution in [0.4, 0.5) is 5.69 Å². The first-order chi connectivity index (χ1) is 9.20. The normalized spacial score (nSPS) is 9.95. The molecule has 1 N–H and O–H groups in total.